The lowest BCUT2D eigenvalue weighted by Crippen LogP contribution is -2.04. The molecule has 124 valence electrons. The maximum absolute atomic E-state index is 5.89. The summed E-state index contributed by atoms with van der Waals surface area (Å²) in [5, 5.41) is 0. The van der Waals surface area contributed by atoms with Gasteiger partial charge in [-0.15, -0.1) is 13.2 Å². The number of hydrogen-bond donors (Lipinski definition) is 0. The van der Waals surface area contributed by atoms with Gasteiger partial charge in [0, 0.05) is 0 Å². The van der Waals surface area contributed by atoms with Gasteiger partial charge in [-0.2, -0.15) is 0 Å². The Hall–Kier alpha value is -1.60. The molecule has 1 unspecified atom stereocenters. The van der Waals surface area contributed by atoms with Crippen LogP contribution in [0.25, 0.3) is 0 Å². The predicted octanol–water partition coefficient (Wildman–Crippen LogP) is 6.23. The Morgan fingerprint density at radius 3 is 2.74 bits per heavy atom. The van der Waals surface area contributed by atoms with Crippen molar-refractivity contribution in [2.24, 2.45) is 5.92 Å². The molecule has 0 spiro atoms. The van der Waals surface area contributed by atoms with Crippen LogP contribution in [0, 0.1) is 5.92 Å². The maximum Gasteiger partial charge on any atom is 0.0717 e. The Bertz CT molecular complexity index is 512. The second kappa shape index (κ2) is 10.2. The SMILES string of the molecule is C=CCCC1CCC/C1=C(/CC=C)CCOCc1ccccc1. The third-order valence-corrected chi connectivity index (χ3v) is 4.72. The van der Waals surface area contributed by atoms with Crippen LogP contribution in [0.5, 0.6) is 0 Å². The van der Waals surface area contributed by atoms with E-state index in [4.69, 9.17) is 4.74 Å². The van der Waals surface area contributed by atoms with Gasteiger partial charge in [0.15, 0.2) is 0 Å². The minimum atomic E-state index is 0.706. The Morgan fingerprint density at radius 1 is 1.17 bits per heavy atom. The molecule has 0 heterocycles. The molecule has 1 aliphatic rings. The number of ether oxygens (including phenoxy) is 1. The molecule has 1 aliphatic carbocycles. The zero-order valence-corrected chi connectivity index (χ0v) is 14.3. The molecular formula is C22H30O. The van der Waals surface area contributed by atoms with Crippen LogP contribution in [0.2, 0.25) is 0 Å². The van der Waals surface area contributed by atoms with E-state index in [1.165, 1.54) is 31.2 Å². The summed E-state index contributed by atoms with van der Waals surface area (Å²) < 4.78 is 5.89. The molecule has 1 heteroatoms. The summed E-state index contributed by atoms with van der Waals surface area (Å²) in [6.45, 7) is 9.32. The van der Waals surface area contributed by atoms with Crippen molar-refractivity contribution >= 4 is 0 Å². The lowest BCUT2D eigenvalue weighted by atomic mass is 9.90. The van der Waals surface area contributed by atoms with Crippen LogP contribution in [-0.2, 0) is 11.3 Å². The van der Waals surface area contributed by atoms with Gasteiger partial charge in [-0.25, -0.2) is 0 Å². The molecule has 2 rings (SSSR count). The van der Waals surface area contributed by atoms with E-state index in [2.05, 4.69) is 37.4 Å². The molecule has 0 aromatic heterocycles. The van der Waals surface area contributed by atoms with Gasteiger partial charge < -0.3 is 4.74 Å². The van der Waals surface area contributed by atoms with Crippen molar-refractivity contribution in [3.63, 3.8) is 0 Å². The Balaban J connectivity index is 1.88. The fourth-order valence-electron chi connectivity index (χ4n) is 3.55. The molecule has 1 saturated carbocycles. The molecule has 0 saturated heterocycles. The molecule has 0 aliphatic heterocycles. The van der Waals surface area contributed by atoms with E-state index in [-0.39, 0.29) is 0 Å². The second-order valence-corrected chi connectivity index (χ2v) is 6.36. The third kappa shape index (κ3) is 5.84. The van der Waals surface area contributed by atoms with E-state index < -0.39 is 0 Å². The summed E-state index contributed by atoms with van der Waals surface area (Å²) >= 11 is 0. The summed E-state index contributed by atoms with van der Waals surface area (Å²) in [4.78, 5) is 0. The van der Waals surface area contributed by atoms with Crippen LogP contribution in [0.15, 0.2) is 66.8 Å². The lowest BCUT2D eigenvalue weighted by molar-refractivity contribution is 0.123. The zero-order chi connectivity index (χ0) is 16.3. The molecule has 0 N–H and O–H groups in total. The van der Waals surface area contributed by atoms with Gasteiger partial charge in [-0.3, -0.25) is 0 Å². The van der Waals surface area contributed by atoms with Crippen LogP contribution >= 0.6 is 0 Å². The summed E-state index contributed by atoms with van der Waals surface area (Å²) in [7, 11) is 0. The molecule has 0 bridgehead atoms. The topological polar surface area (TPSA) is 9.23 Å². The van der Waals surface area contributed by atoms with Gasteiger partial charge in [0.25, 0.3) is 0 Å². The highest BCUT2D eigenvalue weighted by Gasteiger charge is 2.22. The molecule has 1 atom stereocenters. The minimum absolute atomic E-state index is 0.706. The van der Waals surface area contributed by atoms with Crippen LogP contribution in [-0.4, -0.2) is 6.61 Å². The molecule has 1 aromatic rings. The first kappa shape index (κ1) is 17.7. The van der Waals surface area contributed by atoms with Crippen molar-refractivity contribution in [1.82, 2.24) is 0 Å². The molecule has 0 amide bonds. The van der Waals surface area contributed by atoms with E-state index in [0.29, 0.717) is 6.61 Å². The molecule has 1 fully saturated rings. The first-order chi connectivity index (χ1) is 11.3. The van der Waals surface area contributed by atoms with E-state index in [9.17, 15) is 0 Å². The van der Waals surface area contributed by atoms with Gasteiger partial charge in [0.1, 0.15) is 0 Å². The highest BCUT2D eigenvalue weighted by atomic mass is 16.5. The highest BCUT2D eigenvalue weighted by Crippen LogP contribution is 2.38. The smallest absolute Gasteiger partial charge is 0.0717 e. The van der Waals surface area contributed by atoms with Crippen LogP contribution < -0.4 is 0 Å². The Kier molecular flexibility index (Phi) is 7.89. The first-order valence-electron chi connectivity index (χ1n) is 8.89. The Labute approximate surface area is 141 Å². The van der Waals surface area contributed by atoms with Crippen molar-refractivity contribution in [2.75, 3.05) is 6.61 Å². The monoisotopic (exact) mass is 310 g/mol. The molecule has 1 nitrogen and oxygen atoms in total. The van der Waals surface area contributed by atoms with Crippen molar-refractivity contribution < 1.29 is 4.74 Å². The lowest BCUT2D eigenvalue weighted by Gasteiger charge is -2.17. The summed E-state index contributed by atoms with van der Waals surface area (Å²) in [6, 6.07) is 10.4. The van der Waals surface area contributed by atoms with Crippen molar-refractivity contribution in [3.8, 4) is 0 Å². The van der Waals surface area contributed by atoms with Crippen molar-refractivity contribution in [1.29, 1.82) is 0 Å². The third-order valence-electron chi connectivity index (χ3n) is 4.72. The Morgan fingerprint density at radius 2 is 2.00 bits per heavy atom. The number of benzene rings is 1. The van der Waals surface area contributed by atoms with E-state index in [0.717, 1.165) is 31.8 Å². The number of allylic oxidation sites excluding steroid dienone is 3. The van der Waals surface area contributed by atoms with Crippen LogP contribution in [0.3, 0.4) is 0 Å². The van der Waals surface area contributed by atoms with Gasteiger partial charge in [-0.05, 0) is 56.4 Å². The normalized spacial score (nSPS) is 19.6. The van der Waals surface area contributed by atoms with Crippen LogP contribution in [0.4, 0.5) is 0 Å². The number of hydrogen-bond acceptors (Lipinski definition) is 1. The largest absolute Gasteiger partial charge is 0.376 e. The number of rotatable bonds is 10. The summed E-state index contributed by atoms with van der Waals surface area (Å²) in [5.74, 6) is 0.761. The van der Waals surface area contributed by atoms with E-state index in [1.54, 1.807) is 11.1 Å². The molecule has 23 heavy (non-hydrogen) atoms. The maximum atomic E-state index is 5.89. The summed E-state index contributed by atoms with van der Waals surface area (Å²) in [5.41, 5.74) is 4.50. The second-order valence-electron chi connectivity index (χ2n) is 6.36. The predicted molar refractivity (Wildman–Crippen MR) is 99.3 cm³/mol. The quantitative estimate of drug-likeness (QED) is 0.367. The highest BCUT2D eigenvalue weighted by molar-refractivity contribution is 5.22. The summed E-state index contributed by atoms with van der Waals surface area (Å²) in [6.07, 6.45) is 12.5. The van der Waals surface area contributed by atoms with E-state index >= 15 is 0 Å². The van der Waals surface area contributed by atoms with Gasteiger partial charge in [-0.1, -0.05) is 53.6 Å². The minimum Gasteiger partial charge on any atom is -0.376 e. The zero-order valence-electron chi connectivity index (χ0n) is 14.3. The van der Waals surface area contributed by atoms with Crippen LogP contribution in [0.1, 0.15) is 50.5 Å². The molecule has 0 radical (unpaired) electrons. The fourth-order valence-corrected chi connectivity index (χ4v) is 3.55. The fraction of sp³-hybridized carbons (Fsp3) is 0.455. The van der Waals surface area contributed by atoms with E-state index in [1.807, 2.05) is 18.2 Å². The van der Waals surface area contributed by atoms with Gasteiger partial charge >= 0.3 is 0 Å². The van der Waals surface area contributed by atoms with Crippen molar-refractivity contribution in [2.45, 2.75) is 51.6 Å². The average Bonchev–Trinajstić information content (AvgIpc) is 3.05. The van der Waals surface area contributed by atoms with Gasteiger partial charge in [0.05, 0.1) is 13.2 Å². The first-order valence-corrected chi connectivity index (χ1v) is 8.89. The standard InChI is InChI=1S/C22H30O/c1-3-5-13-21-14-9-15-22(21)20(10-4-2)16-17-23-18-19-11-7-6-8-12-19/h3-4,6-8,11-12,21H,1-2,5,9-10,13-18H2/b22-20+. The molecule has 1 aromatic carbocycles. The average molecular weight is 310 g/mol. The van der Waals surface area contributed by atoms with Crippen molar-refractivity contribution in [3.05, 3.63) is 72.4 Å². The van der Waals surface area contributed by atoms with Gasteiger partial charge in [0.2, 0.25) is 0 Å². The molecular weight excluding hydrogens is 280 g/mol.